The van der Waals surface area contributed by atoms with Crippen LogP contribution in [-0.4, -0.2) is 16.2 Å². The van der Waals surface area contributed by atoms with Crippen LogP contribution in [0.5, 0.6) is 5.75 Å². The summed E-state index contributed by atoms with van der Waals surface area (Å²) in [6.45, 7) is 2.89. The molecular formula is C24H20Cl2N2O2. The van der Waals surface area contributed by atoms with Crippen molar-refractivity contribution in [2.24, 2.45) is 0 Å². The summed E-state index contributed by atoms with van der Waals surface area (Å²) in [4.78, 5) is 17.9. The Kier molecular flexibility index (Phi) is 6.07. The highest BCUT2D eigenvalue weighted by molar-refractivity contribution is 6.32. The van der Waals surface area contributed by atoms with Gasteiger partial charge in [-0.3, -0.25) is 9.36 Å². The lowest BCUT2D eigenvalue weighted by Crippen LogP contribution is -2.24. The van der Waals surface area contributed by atoms with Gasteiger partial charge >= 0.3 is 0 Å². The number of benzene rings is 3. The van der Waals surface area contributed by atoms with Crippen LogP contribution in [0.15, 0.2) is 71.5 Å². The Bertz CT molecular complexity index is 1250. The molecule has 0 fully saturated rings. The van der Waals surface area contributed by atoms with E-state index in [1.54, 1.807) is 22.8 Å². The molecule has 30 heavy (non-hydrogen) atoms. The summed E-state index contributed by atoms with van der Waals surface area (Å²) in [5, 5.41) is 1.81. The van der Waals surface area contributed by atoms with Gasteiger partial charge in [-0.2, -0.15) is 0 Å². The largest absolute Gasteiger partial charge is 0.492 e. The molecule has 0 aliphatic rings. The summed E-state index contributed by atoms with van der Waals surface area (Å²) in [5.74, 6) is 1.27. The summed E-state index contributed by atoms with van der Waals surface area (Å²) < 4.78 is 7.54. The molecule has 1 heterocycles. The molecule has 0 aliphatic carbocycles. The van der Waals surface area contributed by atoms with Gasteiger partial charge in [0, 0.05) is 17.1 Å². The lowest BCUT2D eigenvalue weighted by molar-refractivity contribution is 0.301. The van der Waals surface area contributed by atoms with Crippen LogP contribution in [0.2, 0.25) is 10.0 Å². The molecule has 152 valence electrons. The molecule has 4 rings (SSSR count). The number of para-hydroxylation sites is 1. The average molecular weight is 439 g/mol. The van der Waals surface area contributed by atoms with E-state index in [2.05, 4.69) is 0 Å². The zero-order valence-corrected chi connectivity index (χ0v) is 18.0. The Morgan fingerprint density at radius 1 is 1.00 bits per heavy atom. The van der Waals surface area contributed by atoms with Crippen molar-refractivity contribution in [1.29, 1.82) is 0 Å². The first kappa shape index (κ1) is 20.5. The van der Waals surface area contributed by atoms with Crippen LogP contribution in [0.1, 0.15) is 12.0 Å². The third-order valence-corrected chi connectivity index (χ3v) is 5.40. The fraction of sp³-hybridized carbons (Fsp3) is 0.167. The molecule has 4 aromatic rings. The van der Waals surface area contributed by atoms with Gasteiger partial charge in [0.15, 0.2) is 0 Å². The number of nitrogens with zero attached hydrogens (tertiary/aromatic N) is 2. The van der Waals surface area contributed by atoms with E-state index in [4.69, 9.17) is 32.9 Å². The average Bonchev–Trinajstić information content (AvgIpc) is 2.75. The monoisotopic (exact) mass is 438 g/mol. The second kappa shape index (κ2) is 8.90. The maximum absolute atomic E-state index is 13.2. The molecular weight excluding hydrogens is 419 g/mol. The van der Waals surface area contributed by atoms with Crippen LogP contribution in [0.25, 0.3) is 22.3 Å². The minimum Gasteiger partial charge on any atom is -0.492 e. The van der Waals surface area contributed by atoms with Crippen LogP contribution in [-0.2, 0) is 6.54 Å². The number of aryl methyl sites for hydroxylation is 1. The molecule has 0 bridgehead atoms. The van der Waals surface area contributed by atoms with Crippen LogP contribution >= 0.6 is 23.2 Å². The molecule has 0 unspecified atom stereocenters. The molecule has 0 N–H and O–H groups in total. The smallest absolute Gasteiger partial charge is 0.261 e. The fourth-order valence-corrected chi connectivity index (χ4v) is 3.62. The van der Waals surface area contributed by atoms with Crippen molar-refractivity contribution in [3.8, 4) is 17.1 Å². The molecule has 6 heteroatoms. The first-order valence-electron chi connectivity index (χ1n) is 9.67. The number of rotatable bonds is 6. The standard InChI is InChI=1S/C24H20Cl2N2O2/c1-16-7-12-20(26)22(15-16)30-14-4-13-28-23(17-8-10-18(25)11-9-17)27-21-6-3-2-5-19(21)24(28)29/h2-3,5-12,15H,4,13-14H2,1H3. The lowest BCUT2D eigenvalue weighted by Gasteiger charge is -2.14. The van der Waals surface area contributed by atoms with Crippen molar-refractivity contribution >= 4 is 34.1 Å². The van der Waals surface area contributed by atoms with Gasteiger partial charge in [-0.15, -0.1) is 0 Å². The van der Waals surface area contributed by atoms with Crippen LogP contribution < -0.4 is 10.3 Å². The highest BCUT2D eigenvalue weighted by Gasteiger charge is 2.13. The SMILES string of the molecule is Cc1ccc(Cl)c(OCCCn2c(-c3ccc(Cl)cc3)nc3ccccc3c2=O)c1. The van der Waals surface area contributed by atoms with Gasteiger partial charge in [0.1, 0.15) is 11.6 Å². The fourth-order valence-electron chi connectivity index (χ4n) is 3.32. The van der Waals surface area contributed by atoms with Crippen molar-refractivity contribution in [2.75, 3.05) is 6.61 Å². The van der Waals surface area contributed by atoms with E-state index in [0.29, 0.717) is 52.1 Å². The number of ether oxygens (including phenoxy) is 1. The highest BCUT2D eigenvalue weighted by atomic mass is 35.5. The first-order chi connectivity index (χ1) is 14.5. The maximum Gasteiger partial charge on any atom is 0.261 e. The lowest BCUT2D eigenvalue weighted by atomic mass is 10.1. The van der Waals surface area contributed by atoms with E-state index in [0.717, 1.165) is 11.1 Å². The summed E-state index contributed by atoms with van der Waals surface area (Å²) >= 11 is 12.2. The van der Waals surface area contributed by atoms with Gasteiger partial charge in [-0.25, -0.2) is 4.98 Å². The Hall–Kier alpha value is -2.82. The molecule has 0 radical (unpaired) electrons. The van der Waals surface area contributed by atoms with E-state index < -0.39 is 0 Å². The Morgan fingerprint density at radius 2 is 1.77 bits per heavy atom. The van der Waals surface area contributed by atoms with E-state index >= 15 is 0 Å². The predicted molar refractivity (Wildman–Crippen MR) is 123 cm³/mol. The van der Waals surface area contributed by atoms with E-state index in [1.807, 2.05) is 55.5 Å². The van der Waals surface area contributed by atoms with Gasteiger partial charge in [0.2, 0.25) is 0 Å². The zero-order valence-electron chi connectivity index (χ0n) is 16.4. The molecule has 0 saturated carbocycles. The van der Waals surface area contributed by atoms with Crippen LogP contribution in [0.4, 0.5) is 0 Å². The van der Waals surface area contributed by atoms with Gasteiger partial charge < -0.3 is 4.74 Å². The van der Waals surface area contributed by atoms with Crippen molar-refractivity contribution in [3.63, 3.8) is 0 Å². The molecule has 1 aromatic heterocycles. The second-order valence-electron chi connectivity index (χ2n) is 7.05. The van der Waals surface area contributed by atoms with E-state index in [1.165, 1.54) is 0 Å². The summed E-state index contributed by atoms with van der Waals surface area (Å²) in [6, 6.07) is 20.4. The first-order valence-corrected chi connectivity index (χ1v) is 10.4. The van der Waals surface area contributed by atoms with E-state index in [-0.39, 0.29) is 5.56 Å². The number of halogens is 2. The van der Waals surface area contributed by atoms with Gasteiger partial charge in [-0.05, 0) is 67.4 Å². The summed E-state index contributed by atoms with van der Waals surface area (Å²) in [6.07, 6.45) is 0.630. The molecule has 0 aliphatic heterocycles. The highest BCUT2D eigenvalue weighted by Crippen LogP contribution is 2.25. The van der Waals surface area contributed by atoms with Crippen molar-refractivity contribution < 1.29 is 4.74 Å². The molecule has 3 aromatic carbocycles. The minimum absolute atomic E-state index is 0.0702. The normalized spacial score (nSPS) is 11.0. The van der Waals surface area contributed by atoms with E-state index in [9.17, 15) is 4.79 Å². The Labute approximate surface area is 184 Å². The number of hydrogen-bond acceptors (Lipinski definition) is 3. The minimum atomic E-state index is -0.0702. The molecule has 0 saturated heterocycles. The third-order valence-electron chi connectivity index (χ3n) is 4.83. The van der Waals surface area contributed by atoms with Gasteiger partial charge in [0.05, 0.1) is 22.5 Å². The third kappa shape index (κ3) is 4.35. The molecule has 0 spiro atoms. The topological polar surface area (TPSA) is 44.1 Å². The van der Waals surface area contributed by atoms with Crippen molar-refractivity contribution in [3.05, 3.63) is 92.7 Å². The maximum atomic E-state index is 13.2. The molecule has 0 amide bonds. The van der Waals surface area contributed by atoms with Crippen molar-refractivity contribution in [1.82, 2.24) is 9.55 Å². The molecule has 0 atom stereocenters. The van der Waals surface area contributed by atoms with Gasteiger partial charge in [-0.1, -0.05) is 41.4 Å². The Balaban J connectivity index is 1.62. The van der Waals surface area contributed by atoms with Crippen LogP contribution in [0.3, 0.4) is 0 Å². The van der Waals surface area contributed by atoms with Gasteiger partial charge in [0.25, 0.3) is 5.56 Å². The van der Waals surface area contributed by atoms with Crippen molar-refractivity contribution in [2.45, 2.75) is 19.9 Å². The summed E-state index contributed by atoms with van der Waals surface area (Å²) in [5.41, 5.74) is 2.52. The summed E-state index contributed by atoms with van der Waals surface area (Å²) in [7, 11) is 0. The zero-order chi connectivity index (χ0) is 21.1. The van der Waals surface area contributed by atoms with Crippen LogP contribution in [0, 0.1) is 6.92 Å². The number of fused-ring (bicyclic) bond motifs is 1. The molecule has 4 nitrogen and oxygen atoms in total. The predicted octanol–water partition coefficient (Wildman–Crippen LogP) is 6.15. The second-order valence-corrected chi connectivity index (χ2v) is 7.90. The number of hydrogen-bond donors (Lipinski definition) is 0. The Morgan fingerprint density at radius 3 is 2.57 bits per heavy atom. The quantitative estimate of drug-likeness (QED) is 0.339. The number of aromatic nitrogens is 2.